The molecule has 0 bridgehead atoms. The predicted octanol–water partition coefficient (Wildman–Crippen LogP) is 4.34. The van der Waals surface area contributed by atoms with Gasteiger partial charge < -0.3 is 0 Å². The first-order valence-corrected chi connectivity index (χ1v) is 6.92. The maximum atomic E-state index is 8.76. The molecule has 104 valence electrons. The molecule has 0 radical (unpaired) electrons. The molecule has 0 atom stereocenters. The Morgan fingerprint density at radius 1 is 0.682 bits per heavy atom. The predicted molar refractivity (Wildman–Crippen MR) is 88.2 cm³/mol. The van der Waals surface area contributed by atoms with Crippen molar-refractivity contribution in [2.45, 2.75) is 0 Å². The van der Waals surface area contributed by atoms with Gasteiger partial charge in [0.2, 0.25) is 0 Å². The number of benzene rings is 2. The molecule has 22 heavy (non-hydrogen) atoms. The Balaban J connectivity index is 0.000000133. The van der Waals surface area contributed by atoms with Crippen molar-refractivity contribution in [2.75, 3.05) is 0 Å². The van der Waals surface area contributed by atoms with Gasteiger partial charge in [0.1, 0.15) is 0 Å². The molecule has 0 aliphatic carbocycles. The molecule has 0 saturated carbocycles. The summed E-state index contributed by atoms with van der Waals surface area (Å²) in [6, 6.07) is 23.5. The van der Waals surface area contributed by atoms with E-state index in [0.717, 1.165) is 16.4 Å². The highest BCUT2D eigenvalue weighted by molar-refractivity contribution is 5.84. The third-order valence-electron chi connectivity index (χ3n) is 3.28. The molecule has 0 amide bonds. The van der Waals surface area contributed by atoms with Gasteiger partial charge in [0.05, 0.1) is 22.7 Å². The van der Waals surface area contributed by atoms with E-state index >= 15 is 0 Å². The number of fused-ring (bicyclic) bond motifs is 2. The minimum Gasteiger partial charge on any atom is -0.256 e. The fourth-order valence-electron chi connectivity index (χ4n) is 2.22. The van der Waals surface area contributed by atoms with Crippen LogP contribution in [0.25, 0.3) is 21.8 Å². The first kappa shape index (κ1) is 13.7. The van der Waals surface area contributed by atoms with Gasteiger partial charge in [0.15, 0.2) is 0 Å². The highest BCUT2D eigenvalue weighted by Crippen LogP contribution is 2.14. The number of nitriles is 1. The molecule has 0 N–H and O–H groups in total. The van der Waals surface area contributed by atoms with Crippen LogP contribution < -0.4 is 0 Å². The molecule has 0 fully saturated rings. The lowest BCUT2D eigenvalue weighted by atomic mass is 10.1. The van der Waals surface area contributed by atoms with Gasteiger partial charge >= 0.3 is 0 Å². The topological polar surface area (TPSA) is 49.6 Å². The fraction of sp³-hybridized carbons (Fsp3) is 0. The van der Waals surface area contributed by atoms with E-state index in [1.165, 1.54) is 5.39 Å². The normalized spacial score (nSPS) is 9.77. The molecule has 4 rings (SSSR count). The van der Waals surface area contributed by atoms with Crippen LogP contribution in [-0.4, -0.2) is 9.97 Å². The number of pyridine rings is 2. The minimum atomic E-state index is 0.681. The molecule has 0 aliphatic rings. The first-order valence-electron chi connectivity index (χ1n) is 6.92. The summed E-state index contributed by atoms with van der Waals surface area (Å²) in [4.78, 5) is 8.32. The largest absolute Gasteiger partial charge is 0.256 e. The van der Waals surface area contributed by atoms with Crippen molar-refractivity contribution in [1.82, 2.24) is 9.97 Å². The number of hydrogen-bond donors (Lipinski definition) is 0. The Bertz CT molecular complexity index is 884. The third-order valence-corrected chi connectivity index (χ3v) is 3.28. The lowest BCUT2D eigenvalue weighted by molar-refractivity contribution is 1.40. The van der Waals surface area contributed by atoms with Crippen LogP contribution >= 0.6 is 0 Å². The molecule has 2 aromatic carbocycles. The summed E-state index contributed by atoms with van der Waals surface area (Å²) in [7, 11) is 0. The second kappa shape index (κ2) is 6.47. The van der Waals surface area contributed by atoms with Crippen molar-refractivity contribution in [1.29, 1.82) is 5.26 Å². The highest BCUT2D eigenvalue weighted by Gasteiger charge is 1.97. The lowest BCUT2D eigenvalue weighted by Crippen LogP contribution is -1.80. The van der Waals surface area contributed by atoms with Crippen LogP contribution in [0.3, 0.4) is 0 Å². The van der Waals surface area contributed by atoms with Crippen molar-refractivity contribution in [3.8, 4) is 6.07 Å². The van der Waals surface area contributed by atoms with Gasteiger partial charge in [-0.1, -0.05) is 30.3 Å². The van der Waals surface area contributed by atoms with Crippen LogP contribution in [0, 0.1) is 11.3 Å². The molecule has 0 spiro atoms. The van der Waals surface area contributed by atoms with Gasteiger partial charge in [-0.05, 0) is 36.4 Å². The van der Waals surface area contributed by atoms with Crippen molar-refractivity contribution in [3.63, 3.8) is 0 Å². The van der Waals surface area contributed by atoms with Gasteiger partial charge in [-0.2, -0.15) is 5.26 Å². The molecule has 3 nitrogen and oxygen atoms in total. The number of rotatable bonds is 0. The van der Waals surface area contributed by atoms with Gasteiger partial charge in [0.25, 0.3) is 0 Å². The molecular weight excluding hydrogens is 270 g/mol. The van der Waals surface area contributed by atoms with Crippen molar-refractivity contribution < 1.29 is 0 Å². The molecule has 0 aliphatic heterocycles. The quantitative estimate of drug-likeness (QED) is 0.482. The average Bonchev–Trinajstić information content (AvgIpc) is 2.62. The van der Waals surface area contributed by atoms with Gasteiger partial charge in [-0.3, -0.25) is 9.97 Å². The van der Waals surface area contributed by atoms with Crippen molar-refractivity contribution >= 4 is 21.8 Å². The lowest BCUT2D eigenvalue weighted by Gasteiger charge is -1.96. The molecule has 2 heterocycles. The van der Waals surface area contributed by atoms with E-state index in [1.54, 1.807) is 12.3 Å². The molecule has 4 aromatic rings. The van der Waals surface area contributed by atoms with Crippen LogP contribution in [0.4, 0.5) is 0 Å². The van der Waals surface area contributed by atoms with E-state index < -0.39 is 0 Å². The van der Waals surface area contributed by atoms with E-state index in [9.17, 15) is 0 Å². The third kappa shape index (κ3) is 2.92. The summed E-state index contributed by atoms with van der Waals surface area (Å²) < 4.78 is 0. The summed E-state index contributed by atoms with van der Waals surface area (Å²) in [6.07, 6.45) is 3.53. The van der Waals surface area contributed by atoms with Crippen molar-refractivity contribution in [3.05, 3.63) is 84.7 Å². The van der Waals surface area contributed by atoms with E-state index in [-0.39, 0.29) is 0 Å². The summed E-state index contributed by atoms with van der Waals surface area (Å²) >= 11 is 0. The summed E-state index contributed by atoms with van der Waals surface area (Å²) in [5, 5.41) is 10.9. The average molecular weight is 283 g/mol. The highest BCUT2D eigenvalue weighted by atomic mass is 14.6. The molecule has 3 heteroatoms. The van der Waals surface area contributed by atoms with Crippen molar-refractivity contribution in [2.24, 2.45) is 0 Å². The Morgan fingerprint density at radius 3 is 2.18 bits per heavy atom. The summed E-state index contributed by atoms with van der Waals surface area (Å²) in [6.45, 7) is 0. The SMILES string of the molecule is N#Cc1cccc2ncccc12.c1ccc2ncccc2c1. The molecule has 0 unspecified atom stereocenters. The van der Waals surface area contributed by atoms with E-state index in [2.05, 4.69) is 28.2 Å². The minimum absolute atomic E-state index is 0.681. The van der Waals surface area contributed by atoms with E-state index in [4.69, 9.17) is 5.26 Å². The second-order valence-corrected chi connectivity index (χ2v) is 4.68. The van der Waals surface area contributed by atoms with Crippen LogP contribution in [0.5, 0.6) is 0 Å². The van der Waals surface area contributed by atoms with Crippen LogP contribution in [0.15, 0.2) is 79.1 Å². The van der Waals surface area contributed by atoms with E-state index in [0.29, 0.717) is 5.56 Å². The molecular formula is C19H13N3. The van der Waals surface area contributed by atoms with Gasteiger partial charge in [0, 0.05) is 23.2 Å². The molecule has 0 saturated heterocycles. The summed E-state index contributed by atoms with van der Waals surface area (Å²) in [5.41, 5.74) is 2.61. The zero-order valence-corrected chi connectivity index (χ0v) is 11.8. The standard InChI is InChI=1S/C10H6N2.C9H7N/c11-7-8-3-1-5-10-9(8)4-2-6-12-10;1-2-6-9-8(4-1)5-3-7-10-9/h1-6H;1-7H. The Morgan fingerprint density at radius 2 is 1.36 bits per heavy atom. The maximum Gasteiger partial charge on any atom is 0.0998 e. The smallest absolute Gasteiger partial charge is 0.0998 e. The second-order valence-electron chi connectivity index (χ2n) is 4.68. The monoisotopic (exact) mass is 283 g/mol. The maximum absolute atomic E-state index is 8.76. The summed E-state index contributed by atoms with van der Waals surface area (Å²) in [5.74, 6) is 0. The number of hydrogen-bond acceptors (Lipinski definition) is 3. The van der Waals surface area contributed by atoms with Gasteiger partial charge in [-0.25, -0.2) is 0 Å². The zero-order chi connectivity index (χ0) is 15.2. The van der Waals surface area contributed by atoms with Crippen LogP contribution in [-0.2, 0) is 0 Å². The number of para-hydroxylation sites is 1. The van der Waals surface area contributed by atoms with E-state index in [1.807, 2.05) is 54.7 Å². The Hall–Kier alpha value is -3.25. The fourth-order valence-corrected chi connectivity index (χ4v) is 2.22. The Labute approximate surface area is 128 Å². The van der Waals surface area contributed by atoms with Crippen LogP contribution in [0.2, 0.25) is 0 Å². The zero-order valence-electron chi connectivity index (χ0n) is 11.8. The van der Waals surface area contributed by atoms with Gasteiger partial charge in [-0.15, -0.1) is 0 Å². The molecule has 2 aromatic heterocycles. The number of nitrogens with zero attached hydrogens (tertiary/aromatic N) is 3. The Kier molecular flexibility index (Phi) is 4.03. The van der Waals surface area contributed by atoms with Crippen LogP contribution in [0.1, 0.15) is 5.56 Å². The number of aromatic nitrogens is 2. The first-order chi connectivity index (χ1) is 10.9.